The molecule has 0 unspecified atom stereocenters. The minimum Gasteiger partial charge on any atom is -0.472 e. The van der Waals surface area contributed by atoms with E-state index in [-0.39, 0.29) is 18.6 Å². The zero-order valence-electron chi connectivity index (χ0n) is 13.6. The molecule has 2 atom stereocenters. The number of amides is 2. The number of furan rings is 1. The van der Waals surface area contributed by atoms with Gasteiger partial charge in [-0.25, -0.2) is 9.18 Å². The van der Waals surface area contributed by atoms with Crippen molar-refractivity contribution in [3.8, 4) is 0 Å². The number of carbonyl (C=O) groups excluding carboxylic acids is 1. The molecular weight excluding hydrogens is 317 g/mol. The third kappa shape index (κ3) is 3.66. The molecule has 0 saturated carbocycles. The number of anilines is 1. The van der Waals surface area contributed by atoms with Crippen LogP contribution in [-0.2, 0) is 6.54 Å². The highest BCUT2D eigenvalue weighted by Gasteiger charge is 2.36. The molecule has 9 heteroatoms. The van der Waals surface area contributed by atoms with Crippen LogP contribution in [0, 0.1) is 6.92 Å². The van der Waals surface area contributed by atoms with Crippen LogP contribution >= 0.6 is 0 Å². The molecule has 0 aromatic carbocycles. The largest absolute Gasteiger partial charge is 0.472 e. The summed E-state index contributed by atoms with van der Waals surface area (Å²) in [4.78, 5) is 15.4. The third-order valence-corrected chi connectivity index (χ3v) is 3.98. The Morgan fingerprint density at radius 2 is 2.38 bits per heavy atom. The second-order valence-corrected chi connectivity index (χ2v) is 5.91. The van der Waals surface area contributed by atoms with Crippen LogP contribution in [0.25, 0.3) is 0 Å². The zero-order chi connectivity index (χ0) is 17.1. The predicted molar refractivity (Wildman–Crippen MR) is 83.3 cm³/mol. The van der Waals surface area contributed by atoms with E-state index in [0.717, 1.165) is 5.56 Å². The first-order valence-corrected chi connectivity index (χ1v) is 7.74. The minimum atomic E-state index is -0.982. The summed E-state index contributed by atoms with van der Waals surface area (Å²) >= 11 is 0. The lowest BCUT2D eigenvalue weighted by Gasteiger charge is -2.27. The van der Waals surface area contributed by atoms with Crippen LogP contribution in [0.1, 0.15) is 17.9 Å². The van der Waals surface area contributed by atoms with Crippen molar-refractivity contribution in [1.82, 2.24) is 20.4 Å². The molecule has 0 bridgehead atoms. The van der Waals surface area contributed by atoms with Crippen molar-refractivity contribution in [3.63, 3.8) is 0 Å². The van der Waals surface area contributed by atoms with Crippen molar-refractivity contribution in [1.29, 1.82) is 0 Å². The van der Waals surface area contributed by atoms with E-state index in [1.807, 2.05) is 0 Å². The quantitative estimate of drug-likeness (QED) is 0.894. The highest BCUT2D eigenvalue weighted by Crippen LogP contribution is 2.26. The number of nitrogens with one attached hydrogen (secondary N) is 1. The summed E-state index contributed by atoms with van der Waals surface area (Å²) in [7, 11) is 1.67. The monoisotopic (exact) mass is 337 g/mol. The Hall–Kier alpha value is -2.58. The topological polar surface area (TPSA) is 87.6 Å². The van der Waals surface area contributed by atoms with Gasteiger partial charge in [0.1, 0.15) is 6.17 Å². The van der Waals surface area contributed by atoms with Gasteiger partial charge in [-0.1, -0.05) is 5.10 Å². The van der Waals surface area contributed by atoms with Gasteiger partial charge in [0, 0.05) is 39.0 Å². The number of alkyl halides is 1. The highest BCUT2D eigenvalue weighted by molar-refractivity contribution is 5.73. The molecule has 2 aromatic rings. The maximum absolute atomic E-state index is 13.8. The fourth-order valence-electron chi connectivity index (χ4n) is 2.77. The normalized spacial score (nSPS) is 20.4. The fraction of sp³-hybridized carbons (Fsp3) is 0.533. The zero-order valence-corrected chi connectivity index (χ0v) is 13.6. The van der Waals surface area contributed by atoms with Gasteiger partial charge < -0.3 is 24.0 Å². The van der Waals surface area contributed by atoms with Crippen LogP contribution in [0.2, 0.25) is 0 Å². The molecule has 130 valence electrons. The first kappa shape index (κ1) is 16.3. The Balaban J connectivity index is 1.57. The average molecular weight is 337 g/mol. The van der Waals surface area contributed by atoms with Gasteiger partial charge in [0.15, 0.2) is 0 Å². The van der Waals surface area contributed by atoms with Gasteiger partial charge in [0.2, 0.25) is 5.89 Å². The molecule has 24 heavy (non-hydrogen) atoms. The van der Waals surface area contributed by atoms with Gasteiger partial charge in [0.25, 0.3) is 0 Å². The summed E-state index contributed by atoms with van der Waals surface area (Å²) in [5, 5.41) is 10.5. The first-order valence-electron chi connectivity index (χ1n) is 7.74. The number of hydrogen-bond donors (Lipinski definition) is 1. The van der Waals surface area contributed by atoms with Gasteiger partial charge in [0.05, 0.1) is 25.1 Å². The summed E-state index contributed by atoms with van der Waals surface area (Å²) in [6.07, 6.45) is 2.46. The maximum atomic E-state index is 13.8. The Morgan fingerprint density at radius 3 is 3.04 bits per heavy atom. The van der Waals surface area contributed by atoms with E-state index in [1.54, 1.807) is 37.5 Å². The molecule has 0 spiro atoms. The van der Waals surface area contributed by atoms with Crippen LogP contribution in [-0.4, -0.2) is 53.5 Å². The number of likely N-dealkylation sites (N-methyl/N-ethyl adjacent to an activating group) is 1. The summed E-state index contributed by atoms with van der Waals surface area (Å²) < 4.78 is 24.2. The van der Waals surface area contributed by atoms with Gasteiger partial charge in [-0.3, -0.25) is 0 Å². The minimum absolute atomic E-state index is 0.191. The second kappa shape index (κ2) is 6.90. The number of rotatable bonds is 5. The molecule has 3 rings (SSSR count). The van der Waals surface area contributed by atoms with E-state index in [4.69, 9.17) is 8.83 Å². The van der Waals surface area contributed by atoms with E-state index in [9.17, 15) is 9.18 Å². The number of urea groups is 1. The fourth-order valence-corrected chi connectivity index (χ4v) is 2.77. The van der Waals surface area contributed by atoms with Crippen molar-refractivity contribution in [2.24, 2.45) is 0 Å². The maximum Gasteiger partial charge on any atom is 0.318 e. The second-order valence-electron chi connectivity index (χ2n) is 5.91. The van der Waals surface area contributed by atoms with Crippen LogP contribution in [0.15, 0.2) is 27.4 Å². The van der Waals surface area contributed by atoms with Crippen molar-refractivity contribution in [2.45, 2.75) is 32.1 Å². The van der Waals surface area contributed by atoms with Crippen molar-refractivity contribution in [2.75, 3.05) is 25.0 Å². The van der Waals surface area contributed by atoms with E-state index < -0.39 is 6.17 Å². The summed E-state index contributed by atoms with van der Waals surface area (Å²) in [5.74, 6) is 0.428. The number of carbonyl (C=O) groups is 1. The van der Waals surface area contributed by atoms with Crippen LogP contribution in [0.5, 0.6) is 0 Å². The van der Waals surface area contributed by atoms with Crippen LogP contribution in [0.4, 0.5) is 15.2 Å². The molecule has 2 amide bonds. The Kier molecular flexibility index (Phi) is 4.68. The van der Waals surface area contributed by atoms with Crippen molar-refractivity contribution in [3.05, 3.63) is 30.0 Å². The summed E-state index contributed by atoms with van der Waals surface area (Å²) in [5.41, 5.74) is 0.879. The standard InChI is InChI=1S/C15H20FN5O3/c1-10-18-19-15(24-10)21-7-12(16)5-13(21)8-20(2)14(22)17-6-11-3-4-23-9-11/h3-4,9,12-13H,5-8H2,1-2H3,(H,17,22)/t12-,13-/m0/s1. The van der Waals surface area contributed by atoms with Crippen LogP contribution in [0.3, 0.4) is 0 Å². The van der Waals surface area contributed by atoms with Gasteiger partial charge >= 0.3 is 12.0 Å². The molecule has 1 aliphatic rings. The molecule has 1 aliphatic heterocycles. The predicted octanol–water partition coefficient (Wildman–Crippen LogP) is 1.73. The van der Waals surface area contributed by atoms with Crippen LogP contribution < -0.4 is 10.2 Å². The van der Waals surface area contributed by atoms with Gasteiger partial charge in [-0.2, -0.15) is 0 Å². The average Bonchev–Trinajstić information content (AvgIpc) is 3.26. The molecule has 3 heterocycles. The van der Waals surface area contributed by atoms with Crippen molar-refractivity contribution >= 4 is 12.0 Å². The molecular formula is C15H20FN5O3. The molecule has 0 aliphatic carbocycles. The molecule has 1 saturated heterocycles. The Morgan fingerprint density at radius 1 is 1.54 bits per heavy atom. The summed E-state index contributed by atoms with van der Waals surface area (Å²) in [6, 6.07) is 1.64. The lowest BCUT2D eigenvalue weighted by Crippen LogP contribution is -2.45. The number of aryl methyl sites for hydroxylation is 1. The van der Waals surface area contributed by atoms with Gasteiger partial charge in [-0.15, -0.1) is 5.10 Å². The van der Waals surface area contributed by atoms with E-state index in [1.165, 1.54) is 4.90 Å². The van der Waals surface area contributed by atoms with Crippen molar-refractivity contribution < 1.29 is 18.0 Å². The molecule has 1 N–H and O–H groups in total. The first-order chi connectivity index (χ1) is 11.5. The lowest BCUT2D eigenvalue weighted by atomic mass is 10.2. The molecule has 8 nitrogen and oxygen atoms in total. The molecule has 2 aromatic heterocycles. The third-order valence-electron chi connectivity index (χ3n) is 3.98. The van der Waals surface area contributed by atoms with E-state index >= 15 is 0 Å². The Bertz CT molecular complexity index is 674. The Labute approximate surface area is 138 Å². The summed E-state index contributed by atoms with van der Waals surface area (Å²) in [6.45, 7) is 2.61. The molecule has 1 fully saturated rings. The smallest absolute Gasteiger partial charge is 0.318 e. The highest BCUT2D eigenvalue weighted by atomic mass is 19.1. The van der Waals surface area contributed by atoms with E-state index in [2.05, 4.69) is 15.5 Å². The number of halogens is 1. The number of hydrogen-bond acceptors (Lipinski definition) is 6. The van der Waals surface area contributed by atoms with Gasteiger partial charge in [-0.05, 0) is 6.07 Å². The van der Waals surface area contributed by atoms with E-state index in [0.29, 0.717) is 31.4 Å². The number of nitrogens with zero attached hydrogens (tertiary/aromatic N) is 4. The molecule has 0 radical (unpaired) electrons. The number of aromatic nitrogens is 2. The SMILES string of the molecule is Cc1nnc(N2C[C@@H](F)C[C@H]2CN(C)C(=O)NCc2ccoc2)o1. The lowest BCUT2D eigenvalue weighted by molar-refractivity contribution is 0.204.